The summed E-state index contributed by atoms with van der Waals surface area (Å²) in [6, 6.07) is 15.9. The van der Waals surface area contributed by atoms with Crippen molar-refractivity contribution in [2.24, 2.45) is 0 Å². The molecule has 2 unspecified atom stereocenters. The minimum atomic E-state index is -0.593. The third-order valence-electron chi connectivity index (χ3n) is 8.53. The SMILES string of the molecule is CCCc1nc(CC)n(C2=CC=C(OC3CCOC(C)C3)CC2)c(=O)c1Cc1ccc(-c2ccccc2-c2noc(=O)[nH]2)cc1. The van der Waals surface area contributed by atoms with Crippen molar-refractivity contribution in [2.45, 2.75) is 84.3 Å². The van der Waals surface area contributed by atoms with Gasteiger partial charge in [0.25, 0.3) is 5.56 Å². The van der Waals surface area contributed by atoms with Crippen LogP contribution in [0, 0.1) is 0 Å². The van der Waals surface area contributed by atoms with E-state index in [4.69, 9.17) is 19.0 Å². The second-order valence-corrected chi connectivity index (χ2v) is 11.8. The van der Waals surface area contributed by atoms with Crippen molar-refractivity contribution in [2.75, 3.05) is 6.61 Å². The van der Waals surface area contributed by atoms with Crippen LogP contribution in [0.1, 0.15) is 75.5 Å². The van der Waals surface area contributed by atoms with Gasteiger partial charge in [0.1, 0.15) is 11.9 Å². The molecule has 3 heterocycles. The molecular weight excluding hydrogens is 568 g/mol. The van der Waals surface area contributed by atoms with Crippen LogP contribution in [-0.4, -0.2) is 38.5 Å². The number of nitrogens with one attached hydrogen (secondary N) is 1. The first kappa shape index (κ1) is 30.5. The van der Waals surface area contributed by atoms with Crippen molar-refractivity contribution < 1.29 is 14.0 Å². The van der Waals surface area contributed by atoms with Crippen molar-refractivity contribution in [1.29, 1.82) is 0 Å². The molecule has 4 aromatic rings. The number of rotatable bonds is 10. The minimum Gasteiger partial charge on any atom is -0.495 e. The van der Waals surface area contributed by atoms with Gasteiger partial charge >= 0.3 is 5.76 Å². The van der Waals surface area contributed by atoms with Gasteiger partial charge in [0.2, 0.25) is 0 Å². The molecule has 234 valence electrons. The largest absolute Gasteiger partial charge is 0.495 e. The highest BCUT2D eigenvalue weighted by molar-refractivity contribution is 5.80. The summed E-state index contributed by atoms with van der Waals surface area (Å²) in [6.07, 6.45) is 10.5. The third kappa shape index (κ3) is 6.78. The van der Waals surface area contributed by atoms with Gasteiger partial charge in [-0.15, -0.1) is 0 Å². The van der Waals surface area contributed by atoms with Gasteiger partial charge in [-0.25, -0.2) is 9.78 Å². The van der Waals surface area contributed by atoms with Gasteiger partial charge in [0.05, 0.1) is 24.2 Å². The number of aromatic amines is 1. The first-order valence-corrected chi connectivity index (χ1v) is 16.0. The fraction of sp³-hybridized carbons (Fsp3) is 0.389. The average molecular weight is 609 g/mol. The molecule has 45 heavy (non-hydrogen) atoms. The van der Waals surface area contributed by atoms with Crippen LogP contribution in [-0.2, 0) is 28.7 Å². The zero-order valence-corrected chi connectivity index (χ0v) is 26.2. The zero-order valence-electron chi connectivity index (χ0n) is 26.2. The molecule has 1 N–H and O–H groups in total. The molecule has 0 amide bonds. The van der Waals surface area contributed by atoms with Crippen LogP contribution in [0.15, 0.2) is 80.6 Å². The highest BCUT2D eigenvalue weighted by atomic mass is 16.5. The highest BCUT2D eigenvalue weighted by Crippen LogP contribution is 2.31. The highest BCUT2D eigenvalue weighted by Gasteiger charge is 2.24. The quantitative estimate of drug-likeness (QED) is 0.220. The molecule has 2 aromatic heterocycles. The molecule has 1 saturated heterocycles. The van der Waals surface area contributed by atoms with E-state index >= 15 is 0 Å². The van der Waals surface area contributed by atoms with Gasteiger partial charge in [0, 0.05) is 48.9 Å². The predicted molar refractivity (Wildman–Crippen MR) is 174 cm³/mol. The summed E-state index contributed by atoms with van der Waals surface area (Å²) < 4.78 is 18.5. The smallest absolute Gasteiger partial charge is 0.439 e. The summed E-state index contributed by atoms with van der Waals surface area (Å²) >= 11 is 0. The van der Waals surface area contributed by atoms with E-state index < -0.39 is 5.76 Å². The molecule has 2 atom stereocenters. The van der Waals surface area contributed by atoms with E-state index in [0.717, 1.165) is 95.9 Å². The molecule has 0 spiro atoms. The van der Waals surface area contributed by atoms with E-state index in [2.05, 4.69) is 30.9 Å². The Bertz CT molecular complexity index is 1830. The molecule has 9 nitrogen and oxygen atoms in total. The Morgan fingerprint density at radius 1 is 1.02 bits per heavy atom. The lowest BCUT2D eigenvalue weighted by Crippen LogP contribution is -2.31. The molecule has 0 saturated carbocycles. The third-order valence-corrected chi connectivity index (χ3v) is 8.53. The standard InChI is InChI=1S/C36H40N4O5/c1-4-8-32-31(22-24-11-13-25(14-12-24)29-9-6-7-10-30(29)34-38-36(42)45-39-34)35(41)40(33(5-2)37-32)26-15-17-27(18-16-26)44-28-19-20-43-23(3)21-28/h6-7,9-15,17,23,28H,4-5,8,16,18-22H2,1-3H3,(H,38,39,42). The number of ether oxygens (including phenoxy) is 2. The maximum atomic E-state index is 14.2. The summed E-state index contributed by atoms with van der Waals surface area (Å²) in [5.41, 5.74) is 6.28. The molecule has 1 aliphatic heterocycles. The number of aromatic nitrogens is 4. The van der Waals surface area contributed by atoms with Gasteiger partial charge in [-0.2, -0.15) is 0 Å². The van der Waals surface area contributed by atoms with Gasteiger partial charge in [-0.05, 0) is 48.6 Å². The van der Waals surface area contributed by atoms with Crippen LogP contribution >= 0.6 is 0 Å². The predicted octanol–water partition coefficient (Wildman–Crippen LogP) is 6.46. The van der Waals surface area contributed by atoms with Crippen LogP contribution in [0.5, 0.6) is 0 Å². The number of nitrogens with zero attached hydrogens (tertiary/aromatic N) is 3. The molecular formula is C36H40N4O5. The summed E-state index contributed by atoms with van der Waals surface area (Å²) in [4.78, 5) is 33.5. The number of aryl methyl sites for hydroxylation is 2. The lowest BCUT2D eigenvalue weighted by molar-refractivity contribution is -0.0473. The average Bonchev–Trinajstić information content (AvgIpc) is 3.49. The first-order chi connectivity index (χ1) is 21.9. The second kappa shape index (κ2) is 13.6. The van der Waals surface area contributed by atoms with Crippen LogP contribution < -0.4 is 11.3 Å². The second-order valence-electron chi connectivity index (χ2n) is 11.8. The van der Waals surface area contributed by atoms with Crippen molar-refractivity contribution in [1.82, 2.24) is 19.7 Å². The zero-order chi connectivity index (χ0) is 31.3. The molecule has 9 heteroatoms. The van der Waals surface area contributed by atoms with E-state index in [1.54, 1.807) is 0 Å². The molecule has 6 rings (SSSR count). The number of allylic oxidation sites excluding steroid dienone is 4. The monoisotopic (exact) mass is 608 g/mol. The Labute approximate surface area is 262 Å². The van der Waals surface area contributed by atoms with Crippen LogP contribution in [0.25, 0.3) is 28.2 Å². The normalized spacial score (nSPS) is 18.4. The van der Waals surface area contributed by atoms with Crippen molar-refractivity contribution in [3.8, 4) is 22.5 Å². The molecule has 1 aliphatic carbocycles. The van der Waals surface area contributed by atoms with Crippen molar-refractivity contribution >= 4 is 5.70 Å². The molecule has 2 aliphatic rings. The van der Waals surface area contributed by atoms with Crippen molar-refractivity contribution in [3.63, 3.8) is 0 Å². The van der Waals surface area contributed by atoms with E-state index in [1.807, 2.05) is 65.3 Å². The van der Waals surface area contributed by atoms with Crippen LogP contribution in [0.3, 0.4) is 0 Å². The van der Waals surface area contributed by atoms with Gasteiger partial charge in [0.15, 0.2) is 5.82 Å². The molecule has 0 radical (unpaired) electrons. The van der Waals surface area contributed by atoms with Gasteiger partial charge < -0.3 is 9.47 Å². The number of H-pyrrole nitrogens is 1. The number of hydrogen-bond acceptors (Lipinski definition) is 7. The summed E-state index contributed by atoms with van der Waals surface area (Å²) in [5.74, 6) is 1.56. The van der Waals surface area contributed by atoms with E-state index in [0.29, 0.717) is 18.7 Å². The van der Waals surface area contributed by atoms with E-state index in [-0.39, 0.29) is 17.8 Å². The Morgan fingerprint density at radius 2 is 1.82 bits per heavy atom. The Balaban J connectivity index is 1.29. The van der Waals surface area contributed by atoms with Crippen LogP contribution in [0.4, 0.5) is 0 Å². The fourth-order valence-electron chi connectivity index (χ4n) is 6.27. The molecule has 1 fully saturated rings. The Morgan fingerprint density at radius 3 is 2.49 bits per heavy atom. The summed E-state index contributed by atoms with van der Waals surface area (Å²) in [7, 11) is 0. The van der Waals surface area contributed by atoms with Gasteiger partial charge in [-0.1, -0.05) is 74.0 Å². The Kier molecular flexibility index (Phi) is 9.26. The van der Waals surface area contributed by atoms with Gasteiger partial charge in [-0.3, -0.25) is 18.9 Å². The van der Waals surface area contributed by atoms with E-state index in [9.17, 15) is 9.59 Å². The van der Waals surface area contributed by atoms with Crippen molar-refractivity contribution in [3.05, 3.63) is 110 Å². The Hall–Kier alpha value is -4.50. The summed E-state index contributed by atoms with van der Waals surface area (Å²) in [6.45, 7) is 6.99. The molecule has 0 bridgehead atoms. The topological polar surface area (TPSA) is 112 Å². The lowest BCUT2D eigenvalue weighted by Gasteiger charge is -2.29. The first-order valence-electron chi connectivity index (χ1n) is 16.0. The minimum absolute atomic E-state index is 0.0111. The number of benzene rings is 2. The number of hydrogen-bond donors (Lipinski definition) is 1. The maximum Gasteiger partial charge on any atom is 0.439 e. The lowest BCUT2D eigenvalue weighted by atomic mass is 9.96. The molecule has 2 aromatic carbocycles. The van der Waals surface area contributed by atoms with E-state index in [1.165, 1.54) is 0 Å². The fourth-order valence-corrected chi connectivity index (χ4v) is 6.27. The van der Waals surface area contributed by atoms with Crippen LogP contribution in [0.2, 0.25) is 0 Å². The summed E-state index contributed by atoms with van der Waals surface area (Å²) in [5, 5.41) is 3.87. The maximum absolute atomic E-state index is 14.2.